The van der Waals surface area contributed by atoms with Crippen molar-refractivity contribution in [3.05, 3.63) is 149 Å². The standard InChI is InChI=1S/C34H37N5O2S/c1-27-20-22-32(23-21-27)42(40,41)37-34(30-17-9-4-10-18-30)33(29-15-7-3-8-16-29)35-24-12-11-19-31-26-39(38-36-31)25-28-13-5-2-6-14-28/h2-10,13-18,20-23,26,33-35,37H,11-12,19,24-25H2,1H3/t33-,34-/m1/s1. The molecule has 0 aliphatic carbocycles. The van der Waals surface area contributed by atoms with E-state index in [1.54, 1.807) is 12.1 Å². The molecule has 0 saturated carbocycles. The van der Waals surface area contributed by atoms with Crippen LogP contribution in [0.2, 0.25) is 0 Å². The van der Waals surface area contributed by atoms with Gasteiger partial charge in [0.05, 0.1) is 29.2 Å². The van der Waals surface area contributed by atoms with Crippen LogP contribution in [-0.2, 0) is 23.0 Å². The van der Waals surface area contributed by atoms with Crippen molar-refractivity contribution in [2.75, 3.05) is 6.54 Å². The SMILES string of the molecule is Cc1ccc(S(=O)(=O)N[C@H](c2ccccc2)[C@H](NCCCCc2cn(Cc3ccccc3)nn2)c2ccccc2)cc1. The van der Waals surface area contributed by atoms with Crippen LogP contribution in [0, 0.1) is 6.92 Å². The number of nitrogens with zero attached hydrogens (tertiary/aromatic N) is 3. The lowest BCUT2D eigenvalue weighted by Crippen LogP contribution is -2.39. The number of aryl methyl sites for hydroxylation is 2. The second-order valence-electron chi connectivity index (χ2n) is 10.5. The number of hydrogen-bond donors (Lipinski definition) is 2. The molecule has 8 heteroatoms. The molecule has 0 unspecified atom stereocenters. The Morgan fingerprint density at radius 2 is 1.33 bits per heavy atom. The van der Waals surface area contributed by atoms with Crippen LogP contribution < -0.4 is 10.0 Å². The van der Waals surface area contributed by atoms with Crippen molar-refractivity contribution in [2.24, 2.45) is 0 Å². The van der Waals surface area contributed by atoms with Gasteiger partial charge in [-0.2, -0.15) is 0 Å². The first kappa shape index (κ1) is 29.4. The van der Waals surface area contributed by atoms with E-state index in [4.69, 9.17) is 0 Å². The molecule has 0 aliphatic heterocycles. The summed E-state index contributed by atoms with van der Waals surface area (Å²) < 4.78 is 32.0. The van der Waals surface area contributed by atoms with E-state index in [1.165, 1.54) is 5.56 Å². The Kier molecular flexibility index (Phi) is 9.92. The molecule has 0 fully saturated rings. The molecule has 0 radical (unpaired) electrons. The van der Waals surface area contributed by atoms with Crippen LogP contribution in [-0.4, -0.2) is 30.0 Å². The van der Waals surface area contributed by atoms with Gasteiger partial charge in [-0.05, 0) is 61.6 Å². The van der Waals surface area contributed by atoms with Crippen molar-refractivity contribution >= 4 is 10.0 Å². The minimum absolute atomic E-state index is 0.251. The molecule has 0 amide bonds. The van der Waals surface area contributed by atoms with Crippen molar-refractivity contribution < 1.29 is 8.42 Å². The maximum atomic E-state index is 13.6. The predicted octanol–water partition coefficient (Wildman–Crippen LogP) is 6.01. The Bertz CT molecular complexity index is 1620. The number of nitrogens with one attached hydrogen (secondary N) is 2. The smallest absolute Gasteiger partial charge is 0.241 e. The molecule has 4 aromatic carbocycles. The largest absolute Gasteiger partial charge is 0.308 e. The maximum absolute atomic E-state index is 13.6. The van der Waals surface area contributed by atoms with Crippen molar-refractivity contribution in [1.82, 2.24) is 25.0 Å². The van der Waals surface area contributed by atoms with Crippen LogP contribution in [0.25, 0.3) is 0 Å². The van der Waals surface area contributed by atoms with E-state index in [-0.39, 0.29) is 10.9 Å². The zero-order valence-electron chi connectivity index (χ0n) is 23.8. The molecule has 5 aromatic rings. The summed E-state index contributed by atoms with van der Waals surface area (Å²) >= 11 is 0. The molecule has 0 spiro atoms. The quantitative estimate of drug-likeness (QED) is 0.157. The van der Waals surface area contributed by atoms with Gasteiger partial charge in [0.2, 0.25) is 10.0 Å². The minimum atomic E-state index is -3.78. The van der Waals surface area contributed by atoms with Crippen molar-refractivity contribution in [1.29, 1.82) is 0 Å². The second-order valence-corrected chi connectivity index (χ2v) is 12.2. The molecule has 0 aliphatic rings. The fourth-order valence-electron chi connectivity index (χ4n) is 5.02. The van der Waals surface area contributed by atoms with Crippen molar-refractivity contribution in [2.45, 2.75) is 49.7 Å². The molecule has 1 aromatic heterocycles. The van der Waals surface area contributed by atoms with Crippen molar-refractivity contribution in [3.63, 3.8) is 0 Å². The average molecular weight is 580 g/mol. The number of aromatic nitrogens is 3. The molecular formula is C34H37N5O2S. The van der Waals surface area contributed by atoms with Crippen LogP contribution in [0.1, 0.15) is 52.9 Å². The second kappa shape index (κ2) is 14.2. The molecule has 216 valence electrons. The summed E-state index contributed by atoms with van der Waals surface area (Å²) in [5.41, 5.74) is 5.08. The highest BCUT2D eigenvalue weighted by molar-refractivity contribution is 7.89. The summed E-state index contributed by atoms with van der Waals surface area (Å²) in [5, 5.41) is 12.3. The molecule has 7 nitrogen and oxygen atoms in total. The number of rotatable bonds is 14. The monoisotopic (exact) mass is 579 g/mol. The average Bonchev–Trinajstić information content (AvgIpc) is 3.46. The number of sulfonamides is 1. The summed E-state index contributed by atoms with van der Waals surface area (Å²) in [6.07, 6.45) is 4.68. The Morgan fingerprint density at radius 3 is 1.98 bits per heavy atom. The lowest BCUT2D eigenvalue weighted by Gasteiger charge is -2.30. The van der Waals surface area contributed by atoms with Gasteiger partial charge < -0.3 is 5.32 Å². The first-order valence-corrected chi connectivity index (χ1v) is 15.8. The van der Waals surface area contributed by atoms with E-state index in [2.05, 4.69) is 32.5 Å². The Balaban J connectivity index is 1.27. The van der Waals surface area contributed by atoms with E-state index in [9.17, 15) is 8.42 Å². The Hall–Kier alpha value is -4.11. The van der Waals surface area contributed by atoms with E-state index < -0.39 is 16.1 Å². The number of hydrogen-bond acceptors (Lipinski definition) is 5. The maximum Gasteiger partial charge on any atom is 0.241 e. The van der Waals surface area contributed by atoms with Gasteiger partial charge in [-0.15, -0.1) is 5.10 Å². The first-order valence-electron chi connectivity index (χ1n) is 14.3. The predicted molar refractivity (Wildman–Crippen MR) is 166 cm³/mol. The van der Waals surface area contributed by atoms with E-state index in [1.807, 2.05) is 109 Å². The van der Waals surface area contributed by atoms with Crippen LogP contribution in [0.3, 0.4) is 0 Å². The van der Waals surface area contributed by atoms with Crippen LogP contribution in [0.5, 0.6) is 0 Å². The normalized spacial score (nSPS) is 13.1. The van der Waals surface area contributed by atoms with Gasteiger partial charge in [0.15, 0.2) is 0 Å². The summed E-state index contributed by atoms with van der Waals surface area (Å²) in [4.78, 5) is 0.251. The van der Waals surface area contributed by atoms with E-state index >= 15 is 0 Å². The highest BCUT2D eigenvalue weighted by Gasteiger charge is 2.29. The zero-order chi connectivity index (χ0) is 29.2. The molecule has 0 bridgehead atoms. The fourth-order valence-corrected chi connectivity index (χ4v) is 6.26. The molecule has 0 saturated heterocycles. The van der Waals surface area contributed by atoms with Gasteiger partial charge in [-0.1, -0.05) is 114 Å². The van der Waals surface area contributed by atoms with Crippen molar-refractivity contribution in [3.8, 4) is 0 Å². The lowest BCUT2D eigenvalue weighted by atomic mass is 9.94. The van der Waals surface area contributed by atoms with Crippen LogP contribution in [0.4, 0.5) is 0 Å². The topological polar surface area (TPSA) is 88.9 Å². The molecule has 1 heterocycles. The first-order chi connectivity index (χ1) is 20.5. The highest BCUT2D eigenvalue weighted by atomic mass is 32.2. The van der Waals surface area contributed by atoms with Crippen LogP contribution in [0.15, 0.2) is 126 Å². The summed E-state index contributed by atoms with van der Waals surface area (Å²) in [7, 11) is -3.78. The fraction of sp³-hybridized carbons (Fsp3) is 0.235. The molecule has 42 heavy (non-hydrogen) atoms. The summed E-state index contributed by atoms with van der Waals surface area (Å²) in [6.45, 7) is 3.36. The van der Waals surface area contributed by atoms with Gasteiger partial charge >= 0.3 is 0 Å². The van der Waals surface area contributed by atoms with Gasteiger partial charge in [-0.25, -0.2) is 17.8 Å². The molecule has 2 N–H and O–H groups in total. The minimum Gasteiger partial charge on any atom is -0.308 e. The third-order valence-electron chi connectivity index (χ3n) is 7.26. The Labute approximate surface area is 248 Å². The third-order valence-corrected chi connectivity index (χ3v) is 8.72. The number of unbranched alkanes of at least 4 members (excludes halogenated alkanes) is 1. The Morgan fingerprint density at radius 1 is 0.738 bits per heavy atom. The lowest BCUT2D eigenvalue weighted by molar-refractivity contribution is 0.417. The zero-order valence-corrected chi connectivity index (χ0v) is 24.6. The van der Waals surface area contributed by atoms with Gasteiger partial charge in [-0.3, -0.25) is 0 Å². The summed E-state index contributed by atoms with van der Waals surface area (Å²) in [5.74, 6) is 0. The van der Waals surface area contributed by atoms with Gasteiger partial charge in [0.25, 0.3) is 0 Å². The van der Waals surface area contributed by atoms with Gasteiger partial charge in [0.1, 0.15) is 0 Å². The van der Waals surface area contributed by atoms with E-state index in [0.717, 1.165) is 41.6 Å². The molecule has 2 atom stereocenters. The van der Waals surface area contributed by atoms with Crippen LogP contribution >= 0.6 is 0 Å². The van der Waals surface area contributed by atoms with E-state index in [0.29, 0.717) is 13.1 Å². The number of benzene rings is 4. The molecule has 5 rings (SSSR count). The van der Waals surface area contributed by atoms with Gasteiger partial charge in [0, 0.05) is 6.20 Å². The highest BCUT2D eigenvalue weighted by Crippen LogP contribution is 2.31. The summed E-state index contributed by atoms with van der Waals surface area (Å²) in [6, 6.07) is 36.2. The molecular weight excluding hydrogens is 542 g/mol. The third kappa shape index (κ3) is 8.00.